The topological polar surface area (TPSA) is 35.2 Å². The smallest absolute Gasteiger partial charge is 0.0757 e. The van der Waals surface area contributed by atoms with E-state index in [9.17, 15) is 0 Å². The summed E-state index contributed by atoms with van der Waals surface area (Å²) in [6, 6.07) is 6.85. The molecule has 0 aliphatic heterocycles. The minimum Gasteiger partial charge on any atom is -0.377 e. The standard InChI is InChI=1S/C19H31NO/c1-4-21-19(17-8-6-5-7-9-17)18(20)13-16-11-14(2)10-15(3)12-16/h10-12,17-19H,4-9,13,20H2,1-3H3. The highest BCUT2D eigenvalue weighted by Gasteiger charge is 2.29. The van der Waals surface area contributed by atoms with E-state index in [2.05, 4.69) is 39.0 Å². The summed E-state index contributed by atoms with van der Waals surface area (Å²) in [7, 11) is 0. The van der Waals surface area contributed by atoms with Crippen molar-refractivity contribution in [2.45, 2.75) is 71.4 Å². The van der Waals surface area contributed by atoms with Gasteiger partial charge in [0.2, 0.25) is 0 Å². The van der Waals surface area contributed by atoms with Crippen LogP contribution in [0, 0.1) is 19.8 Å². The predicted octanol–water partition coefficient (Wildman–Crippen LogP) is 4.16. The molecule has 2 atom stereocenters. The molecule has 1 aliphatic carbocycles. The Balaban J connectivity index is 2.04. The highest BCUT2D eigenvalue weighted by atomic mass is 16.5. The van der Waals surface area contributed by atoms with Gasteiger partial charge in [-0.2, -0.15) is 0 Å². The van der Waals surface area contributed by atoms with E-state index in [1.54, 1.807) is 0 Å². The third kappa shape index (κ3) is 4.82. The lowest BCUT2D eigenvalue weighted by atomic mass is 9.81. The number of benzene rings is 1. The van der Waals surface area contributed by atoms with Gasteiger partial charge in [-0.25, -0.2) is 0 Å². The first kappa shape index (κ1) is 16.5. The molecule has 0 radical (unpaired) electrons. The molecule has 0 aromatic heterocycles. The summed E-state index contributed by atoms with van der Waals surface area (Å²) in [5, 5.41) is 0. The Morgan fingerprint density at radius 1 is 1.10 bits per heavy atom. The largest absolute Gasteiger partial charge is 0.377 e. The van der Waals surface area contributed by atoms with Gasteiger partial charge >= 0.3 is 0 Å². The lowest BCUT2D eigenvalue weighted by molar-refractivity contribution is -0.00912. The highest BCUT2D eigenvalue weighted by molar-refractivity contribution is 5.29. The highest BCUT2D eigenvalue weighted by Crippen LogP contribution is 2.30. The van der Waals surface area contributed by atoms with Crippen LogP contribution in [-0.4, -0.2) is 18.8 Å². The molecule has 2 unspecified atom stereocenters. The maximum absolute atomic E-state index is 6.54. The lowest BCUT2D eigenvalue weighted by Crippen LogP contribution is -2.44. The van der Waals surface area contributed by atoms with E-state index in [1.807, 2.05) is 0 Å². The Kier molecular flexibility index (Phi) is 6.25. The van der Waals surface area contributed by atoms with Crippen LogP contribution in [0.25, 0.3) is 0 Å². The van der Waals surface area contributed by atoms with Gasteiger partial charge in [0.05, 0.1) is 6.10 Å². The molecule has 118 valence electrons. The second-order valence-electron chi connectivity index (χ2n) is 6.68. The number of hydrogen-bond donors (Lipinski definition) is 1. The maximum Gasteiger partial charge on any atom is 0.0757 e. The predicted molar refractivity (Wildman–Crippen MR) is 89.6 cm³/mol. The number of hydrogen-bond acceptors (Lipinski definition) is 2. The van der Waals surface area contributed by atoms with Crippen LogP contribution < -0.4 is 5.73 Å². The van der Waals surface area contributed by atoms with Crippen molar-refractivity contribution in [3.8, 4) is 0 Å². The summed E-state index contributed by atoms with van der Waals surface area (Å²) in [6.07, 6.45) is 7.76. The average Bonchev–Trinajstić information content (AvgIpc) is 2.44. The van der Waals surface area contributed by atoms with Crippen molar-refractivity contribution in [3.63, 3.8) is 0 Å². The minimum absolute atomic E-state index is 0.106. The Bertz CT molecular complexity index is 417. The van der Waals surface area contributed by atoms with E-state index in [4.69, 9.17) is 10.5 Å². The van der Waals surface area contributed by atoms with Crippen LogP contribution in [0.1, 0.15) is 55.7 Å². The first-order valence-electron chi connectivity index (χ1n) is 8.54. The quantitative estimate of drug-likeness (QED) is 0.853. The molecule has 1 aliphatic rings. The lowest BCUT2D eigenvalue weighted by Gasteiger charge is -2.34. The van der Waals surface area contributed by atoms with Crippen LogP contribution >= 0.6 is 0 Å². The zero-order valence-electron chi connectivity index (χ0n) is 13.9. The van der Waals surface area contributed by atoms with Crippen LogP contribution in [0.3, 0.4) is 0 Å². The normalized spacial score (nSPS) is 19.4. The summed E-state index contributed by atoms with van der Waals surface area (Å²) in [5.74, 6) is 0.652. The fourth-order valence-electron chi connectivity index (χ4n) is 3.84. The molecule has 1 aromatic carbocycles. The van der Waals surface area contributed by atoms with E-state index >= 15 is 0 Å². The molecule has 2 rings (SSSR count). The van der Waals surface area contributed by atoms with Crippen molar-refractivity contribution < 1.29 is 4.74 Å². The molecule has 1 saturated carbocycles. The van der Waals surface area contributed by atoms with Crippen LogP contribution in [0.5, 0.6) is 0 Å². The fourth-order valence-corrected chi connectivity index (χ4v) is 3.84. The van der Waals surface area contributed by atoms with E-state index in [-0.39, 0.29) is 12.1 Å². The van der Waals surface area contributed by atoms with Crippen molar-refractivity contribution in [3.05, 3.63) is 34.9 Å². The molecular weight excluding hydrogens is 258 g/mol. The third-order valence-electron chi connectivity index (χ3n) is 4.65. The molecular formula is C19H31NO. The van der Waals surface area contributed by atoms with Gasteiger partial charge in [-0.05, 0) is 51.5 Å². The molecule has 0 saturated heterocycles. The van der Waals surface area contributed by atoms with Crippen molar-refractivity contribution >= 4 is 0 Å². The van der Waals surface area contributed by atoms with Crippen LogP contribution in [0.15, 0.2) is 18.2 Å². The van der Waals surface area contributed by atoms with Gasteiger partial charge in [0.15, 0.2) is 0 Å². The monoisotopic (exact) mass is 289 g/mol. The first-order chi connectivity index (χ1) is 10.1. The van der Waals surface area contributed by atoms with Crippen molar-refractivity contribution in [2.24, 2.45) is 11.7 Å². The SMILES string of the molecule is CCOC(C(N)Cc1cc(C)cc(C)c1)C1CCCCC1. The number of rotatable bonds is 6. The second-order valence-corrected chi connectivity index (χ2v) is 6.68. The van der Waals surface area contributed by atoms with Crippen molar-refractivity contribution in [1.82, 2.24) is 0 Å². The van der Waals surface area contributed by atoms with Crippen LogP contribution in [0.2, 0.25) is 0 Å². The van der Waals surface area contributed by atoms with Gasteiger partial charge in [-0.1, -0.05) is 48.6 Å². The number of aryl methyl sites for hydroxylation is 2. The van der Waals surface area contributed by atoms with Gasteiger partial charge in [0.1, 0.15) is 0 Å². The summed E-state index contributed by atoms with van der Waals surface area (Å²) in [5.41, 5.74) is 10.5. The average molecular weight is 289 g/mol. The molecule has 0 heterocycles. The van der Waals surface area contributed by atoms with Gasteiger partial charge < -0.3 is 10.5 Å². The van der Waals surface area contributed by atoms with Gasteiger partial charge in [-0.15, -0.1) is 0 Å². The van der Waals surface area contributed by atoms with Crippen molar-refractivity contribution in [2.75, 3.05) is 6.61 Å². The Morgan fingerprint density at radius 2 is 1.71 bits per heavy atom. The second kappa shape index (κ2) is 7.95. The summed E-state index contributed by atoms with van der Waals surface area (Å²) in [4.78, 5) is 0. The van der Waals surface area contributed by atoms with Gasteiger partial charge in [-0.3, -0.25) is 0 Å². The van der Waals surface area contributed by atoms with E-state index in [0.29, 0.717) is 5.92 Å². The number of ether oxygens (including phenoxy) is 1. The molecule has 0 spiro atoms. The van der Waals surface area contributed by atoms with E-state index in [1.165, 1.54) is 48.8 Å². The summed E-state index contributed by atoms with van der Waals surface area (Å²) < 4.78 is 6.05. The third-order valence-corrected chi connectivity index (χ3v) is 4.65. The fraction of sp³-hybridized carbons (Fsp3) is 0.684. The Morgan fingerprint density at radius 3 is 2.29 bits per heavy atom. The molecule has 2 nitrogen and oxygen atoms in total. The minimum atomic E-state index is 0.106. The van der Waals surface area contributed by atoms with Crippen molar-refractivity contribution in [1.29, 1.82) is 0 Å². The molecule has 0 bridgehead atoms. The molecule has 1 fully saturated rings. The zero-order chi connectivity index (χ0) is 15.2. The van der Waals surface area contributed by atoms with Gasteiger partial charge in [0, 0.05) is 12.6 Å². The Hall–Kier alpha value is -0.860. The van der Waals surface area contributed by atoms with E-state index < -0.39 is 0 Å². The van der Waals surface area contributed by atoms with Crippen LogP contribution in [0.4, 0.5) is 0 Å². The zero-order valence-corrected chi connectivity index (χ0v) is 13.9. The number of nitrogens with two attached hydrogens (primary N) is 1. The summed E-state index contributed by atoms with van der Waals surface area (Å²) >= 11 is 0. The molecule has 2 heteroatoms. The van der Waals surface area contributed by atoms with Gasteiger partial charge in [0.25, 0.3) is 0 Å². The Labute approximate surface area is 130 Å². The summed E-state index contributed by atoms with van der Waals surface area (Å²) in [6.45, 7) is 7.16. The molecule has 2 N–H and O–H groups in total. The molecule has 21 heavy (non-hydrogen) atoms. The molecule has 0 amide bonds. The first-order valence-corrected chi connectivity index (χ1v) is 8.54. The van der Waals surface area contributed by atoms with E-state index in [0.717, 1.165) is 13.0 Å². The van der Waals surface area contributed by atoms with Crippen LogP contribution in [-0.2, 0) is 11.2 Å². The molecule has 1 aromatic rings. The maximum atomic E-state index is 6.54.